The number of benzene rings is 1. The summed E-state index contributed by atoms with van der Waals surface area (Å²) >= 11 is 1.52. The van der Waals surface area contributed by atoms with Crippen molar-refractivity contribution in [2.75, 3.05) is 12.4 Å². The van der Waals surface area contributed by atoms with Crippen LogP contribution in [0.25, 0.3) is 0 Å². The van der Waals surface area contributed by atoms with E-state index in [2.05, 4.69) is 5.32 Å². The van der Waals surface area contributed by atoms with E-state index in [1.54, 1.807) is 18.2 Å². The van der Waals surface area contributed by atoms with E-state index in [-0.39, 0.29) is 11.1 Å². The van der Waals surface area contributed by atoms with Crippen molar-refractivity contribution in [1.29, 1.82) is 0 Å². The maximum atomic E-state index is 10.9. The zero-order valence-electron chi connectivity index (χ0n) is 9.92. The lowest BCUT2D eigenvalue weighted by Gasteiger charge is -2.16. The van der Waals surface area contributed by atoms with E-state index in [1.807, 2.05) is 6.92 Å². The number of carbonyl (C=O) groups is 1. The van der Waals surface area contributed by atoms with Gasteiger partial charge in [0.05, 0.1) is 12.0 Å². The van der Waals surface area contributed by atoms with Gasteiger partial charge < -0.3 is 14.9 Å². The quantitative estimate of drug-likeness (QED) is 0.770. The lowest BCUT2D eigenvalue weighted by atomic mass is 10.1. The highest BCUT2D eigenvalue weighted by atomic mass is 32.2. The number of phenols is 1. The molecular formula is C12H15NO4S. The molecule has 0 bridgehead atoms. The molecule has 0 radical (unpaired) electrons. The molecule has 0 amide bonds. The van der Waals surface area contributed by atoms with Crippen LogP contribution in [-0.4, -0.2) is 34.6 Å². The van der Waals surface area contributed by atoms with E-state index in [4.69, 9.17) is 9.84 Å². The van der Waals surface area contributed by atoms with Crippen molar-refractivity contribution in [3.8, 4) is 11.5 Å². The van der Waals surface area contributed by atoms with Gasteiger partial charge in [-0.05, 0) is 19.1 Å². The van der Waals surface area contributed by atoms with Crippen LogP contribution < -0.4 is 10.1 Å². The average Bonchev–Trinajstić information content (AvgIpc) is 2.79. The molecule has 0 unspecified atom stereocenters. The predicted octanol–water partition coefficient (Wildman–Crippen LogP) is 1.58. The van der Waals surface area contributed by atoms with Gasteiger partial charge in [-0.25, -0.2) is 0 Å². The van der Waals surface area contributed by atoms with Gasteiger partial charge in [0, 0.05) is 17.4 Å². The lowest BCUT2D eigenvalue weighted by molar-refractivity contribution is -0.138. The van der Waals surface area contributed by atoms with Crippen molar-refractivity contribution in [2.45, 2.75) is 18.3 Å². The Morgan fingerprint density at radius 1 is 1.61 bits per heavy atom. The third kappa shape index (κ3) is 2.70. The number of ether oxygens (including phenoxy) is 1. The number of carboxylic acid groups (broad SMARTS) is 1. The number of aromatic hydroxyl groups is 1. The van der Waals surface area contributed by atoms with Gasteiger partial charge in [-0.3, -0.25) is 10.1 Å². The van der Waals surface area contributed by atoms with Crippen molar-refractivity contribution < 1.29 is 19.7 Å². The first-order chi connectivity index (χ1) is 8.61. The van der Waals surface area contributed by atoms with Crippen LogP contribution in [0.3, 0.4) is 0 Å². The summed E-state index contributed by atoms with van der Waals surface area (Å²) < 4.78 is 5.47. The summed E-state index contributed by atoms with van der Waals surface area (Å²) in [5, 5.41) is 21.3. The van der Waals surface area contributed by atoms with Crippen LogP contribution in [0.15, 0.2) is 18.2 Å². The lowest BCUT2D eigenvalue weighted by Crippen LogP contribution is -2.33. The Balaban J connectivity index is 2.20. The second kappa shape index (κ2) is 5.49. The molecular weight excluding hydrogens is 254 g/mol. The summed E-state index contributed by atoms with van der Waals surface area (Å²) in [6.45, 7) is 2.36. The first-order valence-electron chi connectivity index (χ1n) is 5.68. The summed E-state index contributed by atoms with van der Waals surface area (Å²) in [7, 11) is 0. The SMILES string of the molecule is CCOc1cc(O)ccc1[C@@H]1N[C@@H](C(=O)O)CS1. The number of nitrogens with one attached hydrogen (secondary N) is 1. The van der Waals surface area contributed by atoms with Gasteiger partial charge in [0.2, 0.25) is 0 Å². The Labute approximate surface area is 109 Å². The molecule has 0 spiro atoms. The number of aliphatic carboxylic acids is 1. The third-order valence-corrected chi connectivity index (χ3v) is 3.91. The minimum absolute atomic E-state index is 0.117. The fourth-order valence-electron chi connectivity index (χ4n) is 1.81. The standard InChI is InChI=1S/C12H15NO4S/c1-2-17-10-5-7(14)3-4-8(10)11-13-9(6-18-11)12(15)16/h3-5,9,11,13-14H,2,6H2,1H3,(H,15,16)/t9-,11-/m1/s1. The number of rotatable bonds is 4. The number of thioether (sulfide) groups is 1. The molecule has 1 saturated heterocycles. The number of carboxylic acids is 1. The van der Waals surface area contributed by atoms with Gasteiger partial charge in [-0.2, -0.15) is 0 Å². The van der Waals surface area contributed by atoms with Gasteiger partial charge in [-0.1, -0.05) is 0 Å². The molecule has 5 nitrogen and oxygen atoms in total. The molecule has 1 heterocycles. The molecule has 2 rings (SSSR count). The van der Waals surface area contributed by atoms with Crippen molar-refractivity contribution in [2.24, 2.45) is 0 Å². The van der Waals surface area contributed by atoms with E-state index in [0.717, 1.165) is 5.56 Å². The maximum absolute atomic E-state index is 10.9. The number of hydrogen-bond donors (Lipinski definition) is 3. The molecule has 1 aliphatic heterocycles. The van der Waals surface area contributed by atoms with Crippen molar-refractivity contribution in [1.82, 2.24) is 5.32 Å². The average molecular weight is 269 g/mol. The fourth-order valence-corrected chi connectivity index (χ4v) is 3.07. The highest BCUT2D eigenvalue weighted by Gasteiger charge is 2.31. The summed E-state index contributed by atoms with van der Waals surface area (Å²) in [6, 6.07) is 4.35. The van der Waals surface area contributed by atoms with E-state index < -0.39 is 12.0 Å². The summed E-state index contributed by atoms with van der Waals surface area (Å²) in [6.07, 6.45) is 0. The zero-order valence-corrected chi connectivity index (χ0v) is 10.7. The molecule has 0 aliphatic carbocycles. The smallest absolute Gasteiger partial charge is 0.321 e. The van der Waals surface area contributed by atoms with Crippen molar-refractivity contribution >= 4 is 17.7 Å². The van der Waals surface area contributed by atoms with Crippen molar-refractivity contribution in [3.05, 3.63) is 23.8 Å². The normalized spacial score (nSPS) is 22.9. The topological polar surface area (TPSA) is 78.8 Å². The van der Waals surface area contributed by atoms with Gasteiger partial charge in [-0.15, -0.1) is 11.8 Å². The molecule has 1 fully saturated rings. The first-order valence-corrected chi connectivity index (χ1v) is 6.73. The van der Waals surface area contributed by atoms with Gasteiger partial charge in [0.15, 0.2) is 0 Å². The molecule has 0 saturated carbocycles. The second-order valence-electron chi connectivity index (χ2n) is 3.93. The Hall–Kier alpha value is -1.40. The van der Waals surface area contributed by atoms with Crippen LogP contribution >= 0.6 is 11.8 Å². The highest BCUT2D eigenvalue weighted by Crippen LogP contribution is 2.39. The Kier molecular flexibility index (Phi) is 3.98. The van der Waals surface area contributed by atoms with Crippen LogP contribution in [0.4, 0.5) is 0 Å². The molecule has 1 aromatic carbocycles. The minimum Gasteiger partial charge on any atom is -0.508 e. The Bertz CT molecular complexity index is 452. The van der Waals surface area contributed by atoms with E-state index in [9.17, 15) is 9.90 Å². The molecule has 1 aliphatic rings. The van der Waals surface area contributed by atoms with Gasteiger partial charge >= 0.3 is 5.97 Å². The van der Waals surface area contributed by atoms with Gasteiger partial charge in [0.1, 0.15) is 17.5 Å². The second-order valence-corrected chi connectivity index (χ2v) is 5.06. The monoisotopic (exact) mass is 269 g/mol. The van der Waals surface area contributed by atoms with Crippen LogP contribution in [0, 0.1) is 0 Å². The number of hydrogen-bond acceptors (Lipinski definition) is 5. The largest absolute Gasteiger partial charge is 0.508 e. The van der Waals surface area contributed by atoms with E-state index in [1.165, 1.54) is 11.8 Å². The maximum Gasteiger partial charge on any atom is 0.321 e. The fraction of sp³-hybridized carbons (Fsp3) is 0.417. The highest BCUT2D eigenvalue weighted by molar-refractivity contribution is 7.99. The van der Waals surface area contributed by atoms with E-state index in [0.29, 0.717) is 18.1 Å². The van der Waals surface area contributed by atoms with Crippen LogP contribution in [0.2, 0.25) is 0 Å². The molecule has 1 aromatic rings. The van der Waals surface area contributed by atoms with Crippen LogP contribution in [0.5, 0.6) is 11.5 Å². The molecule has 6 heteroatoms. The van der Waals surface area contributed by atoms with Crippen LogP contribution in [-0.2, 0) is 4.79 Å². The molecule has 3 N–H and O–H groups in total. The Morgan fingerprint density at radius 3 is 3.00 bits per heavy atom. The zero-order chi connectivity index (χ0) is 13.1. The first kappa shape index (κ1) is 13.0. The van der Waals surface area contributed by atoms with Crippen molar-refractivity contribution in [3.63, 3.8) is 0 Å². The summed E-state index contributed by atoms with van der Waals surface area (Å²) in [5.41, 5.74) is 0.864. The van der Waals surface area contributed by atoms with E-state index >= 15 is 0 Å². The van der Waals surface area contributed by atoms with Crippen LogP contribution in [0.1, 0.15) is 17.9 Å². The minimum atomic E-state index is -0.846. The third-order valence-electron chi connectivity index (χ3n) is 2.66. The van der Waals surface area contributed by atoms with Gasteiger partial charge in [0.25, 0.3) is 0 Å². The molecule has 2 atom stereocenters. The predicted molar refractivity (Wildman–Crippen MR) is 69.0 cm³/mol. The summed E-state index contributed by atoms with van der Waals surface area (Å²) in [5.74, 6) is 0.405. The molecule has 98 valence electrons. The Morgan fingerprint density at radius 2 is 2.39 bits per heavy atom. The number of phenolic OH excluding ortho intramolecular Hbond substituents is 1. The summed E-state index contributed by atoms with van der Waals surface area (Å²) in [4.78, 5) is 10.9. The molecule has 18 heavy (non-hydrogen) atoms. The molecule has 0 aromatic heterocycles.